The van der Waals surface area contributed by atoms with Gasteiger partial charge in [0.15, 0.2) is 0 Å². The number of nitrogens with zero attached hydrogens (tertiary/aromatic N) is 2. The van der Waals surface area contributed by atoms with Crippen LogP contribution < -0.4 is 0 Å². The number of fused-ring (bicyclic) bond motifs is 3. The van der Waals surface area contributed by atoms with Gasteiger partial charge in [-0.1, -0.05) is 70.6 Å². The molecule has 6 nitrogen and oxygen atoms in total. The largest absolute Gasteiger partial charge is 0.453 e. The van der Waals surface area contributed by atoms with Crippen molar-refractivity contribution in [3.05, 3.63) is 88.6 Å². The molecule has 1 aromatic heterocycles. The van der Waals surface area contributed by atoms with Crippen LogP contribution in [0.2, 0.25) is 0 Å². The van der Waals surface area contributed by atoms with Crippen LogP contribution in [0.5, 0.6) is 0 Å². The van der Waals surface area contributed by atoms with Gasteiger partial charge in [-0.25, -0.2) is 17.2 Å². The first-order valence-electron chi connectivity index (χ1n) is 10.6. The Labute approximate surface area is 202 Å². The maximum Gasteiger partial charge on any atom is 0.410 e. The second-order valence-electron chi connectivity index (χ2n) is 7.72. The van der Waals surface area contributed by atoms with E-state index in [4.69, 9.17) is 4.74 Å². The smallest absolute Gasteiger partial charge is 0.410 e. The van der Waals surface area contributed by atoms with Gasteiger partial charge in [0.25, 0.3) is 10.0 Å². The Morgan fingerprint density at radius 3 is 2.55 bits per heavy atom. The molecule has 0 bridgehead atoms. The molecular formula is C25H25BrN2O4S. The average molecular weight is 529 g/mol. The Hall–Kier alpha value is -2.84. The Morgan fingerprint density at radius 2 is 1.85 bits per heavy atom. The van der Waals surface area contributed by atoms with Gasteiger partial charge in [0.2, 0.25) is 0 Å². The topological polar surface area (TPSA) is 68.6 Å². The van der Waals surface area contributed by atoms with Crippen molar-refractivity contribution in [1.29, 1.82) is 0 Å². The first-order valence-corrected chi connectivity index (χ1v) is 12.9. The van der Waals surface area contributed by atoms with Crippen molar-refractivity contribution in [2.24, 2.45) is 0 Å². The highest BCUT2D eigenvalue weighted by atomic mass is 79.9. The van der Waals surface area contributed by atoms with Gasteiger partial charge in [0.1, 0.15) is 0 Å². The lowest BCUT2D eigenvalue weighted by atomic mass is 9.99. The maximum absolute atomic E-state index is 13.8. The van der Waals surface area contributed by atoms with Crippen LogP contribution in [0.15, 0.2) is 82.2 Å². The summed E-state index contributed by atoms with van der Waals surface area (Å²) in [5.41, 5.74) is 2.09. The average Bonchev–Trinajstić information content (AvgIpc) is 3.02. The zero-order valence-corrected chi connectivity index (χ0v) is 20.8. The molecule has 0 aliphatic heterocycles. The molecule has 1 heterocycles. The summed E-state index contributed by atoms with van der Waals surface area (Å²) in [7, 11) is -2.50. The summed E-state index contributed by atoms with van der Waals surface area (Å²) in [5.74, 6) is 0. The Balaban J connectivity index is 2.01. The van der Waals surface area contributed by atoms with E-state index < -0.39 is 22.2 Å². The molecule has 8 heteroatoms. The minimum atomic E-state index is -3.86. The predicted octanol–water partition coefficient (Wildman–Crippen LogP) is 5.79. The number of aromatic nitrogens is 1. The van der Waals surface area contributed by atoms with Crippen molar-refractivity contribution in [3.63, 3.8) is 0 Å². The number of rotatable bonds is 5. The first kappa shape index (κ1) is 23.3. The number of benzene rings is 2. The molecule has 0 saturated carbocycles. The lowest BCUT2D eigenvalue weighted by Gasteiger charge is -2.30. The number of carbonyl (C=O) groups is 1. The highest BCUT2D eigenvalue weighted by molar-refractivity contribution is 9.11. The molecule has 0 spiro atoms. The van der Waals surface area contributed by atoms with E-state index in [-0.39, 0.29) is 4.90 Å². The first-order chi connectivity index (χ1) is 15.9. The summed E-state index contributed by atoms with van der Waals surface area (Å²) in [4.78, 5) is 14.7. The third-order valence-electron chi connectivity index (χ3n) is 5.84. The normalized spacial score (nSPS) is 16.3. The van der Waals surface area contributed by atoms with Crippen LogP contribution in [0, 0.1) is 0 Å². The number of hydrogen-bond donors (Lipinski definition) is 0. The molecule has 0 saturated heterocycles. The van der Waals surface area contributed by atoms with Crippen LogP contribution in [0.3, 0.4) is 0 Å². The maximum atomic E-state index is 13.8. The molecule has 0 N–H and O–H groups in total. The van der Waals surface area contributed by atoms with Gasteiger partial charge in [-0.15, -0.1) is 0 Å². The number of hydrogen-bond acceptors (Lipinski definition) is 4. The van der Waals surface area contributed by atoms with E-state index >= 15 is 0 Å². The molecule has 0 radical (unpaired) electrons. The quantitative estimate of drug-likeness (QED) is 0.393. The molecule has 1 atom stereocenters. The fourth-order valence-corrected chi connectivity index (χ4v) is 6.18. The number of carbonyl (C=O) groups excluding carboxylic acids is 1. The lowest BCUT2D eigenvalue weighted by molar-refractivity contribution is 0.110. The van der Waals surface area contributed by atoms with Crippen LogP contribution in [0.25, 0.3) is 10.9 Å². The van der Waals surface area contributed by atoms with E-state index in [1.54, 1.807) is 35.2 Å². The van der Waals surface area contributed by atoms with E-state index in [1.165, 1.54) is 11.1 Å². The van der Waals surface area contributed by atoms with Gasteiger partial charge in [-0.2, -0.15) is 0 Å². The highest BCUT2D eigenvalue weighted by Gasteiger charge is 2.35. The van der Waals surface area contributed by atoms with Crippen molar-refractivity contribution in [3.8, 4) is 0 Å². The van der Waals surface area contributed by atoms with Crippen LogP contribution in [-0.2, 0) is 21.2 Å². The van der Waals surface area contributed by atoms with Crippen LogP contribution in [-0.4, -0.2) is 37.0 Å². The van der Waals surface area contributed by atoms with Crippen molar-refractivity contribution < 1.29 is 17.9 Å². The molecular weight excluding hydrogens is 504 g/mol. The molecule has 3 aromatic rings. The van der Waals surface area contributed by atoms with E-state index in [1.807, 2.05) is 49.4 Å². The number of methoxy groups -OCH3 is 1. The zero-order valence-electron chi connectivity index (χ0n) is 18.4. The van der Waals surface area contributed by atoms with E-state index in [0.717, 1.165) is 15.4 Å². The number of amides is 1. The van der Waals surface area contributed by atoms with Gasteiger partial charge >= 0.3 is 6.09 Å². The summed E-state index contributed by atoms with van der Waals surface area (Å²) >= 11 is 3.51. The minimum Gasteiger partial charge on any atom is -0.453 e. The number of ether oxygens (including phenoxy) is 1. The molecule has 1 aliphatic rings. The highest BCUT2D eigenvalue weighted by Crippen LogP contribution is 2.40. The van der Waals surface area contributed by atoms with Gasteiger partial charge in [0, 0.05) is 27.5 Å². The third kappa shape index (κ3) is 4.25. The summed E-state index contributed by atoms with van der Waals surface area (Å²) in [6.07, 6.45) is 6.36. The fourth-order valence-electron chi connectivity index (χ4n) is 4.32. The monoisotopic (exact) mass is 528 g/mol. The third-order valence-corrected chi connectivity index (χ3v) is 8.32. The molecule has 2 aromatic carbocycles. The van der Waals surface area contributed by atoms with Crippen molar-refractivity contribution in [2.45, 2.75) is 30.7 Å². The van der Waals surface area contributed by atoms with E-state index in [0.29, 0.717) is 30.6 Å². The Morgan fingerprint density at radius 1 is 1.15 bits per heavy atom. The summed E-state index contributed by atoms with van der Waals surface area (Å²) in [6.45, 7) is 2.20. The van der Waals surface area contributed by atoms with Crippen molar-refractivity contribution in [2.75, 3.05) is 13.7 Å². The van der Waals surface area contributed by atoms with Gasteiger partial charge in [-0.3, -0.25) is 4.90 Å². The molecule has 4 rings (SSSR count). The van der Waals surface area contributed by atoms with E-state index in [9.17, 15) is 13.2 Å². The summed E-state index contributed by atoms with van der Waals surface area (Å²) in [6, 6.07) is 15.5. The zero-order chi connectivity index (χ0) is 23.6. The van der Waals surface area contributed by atoms with Crippen LogP contribution in [0.1, 0.15) is 30.6 Å². The van der Waals surface area contributed by atoms with Crippen LogP contribution >= 0.6 is 15.9 Å². The van der Waals surface area contributed by atoms with Crippen molar-refractivity contribution >= 4 is 42.9 Å². The van der Waals surface area contributed by atoms with Crippen molar-refractivity contribution in [1.82, 2.24) is 8.87 Å². The molecule has 1 amide bonds. The van der Waals surface area contributed by atoms with Gasteiger partial charge in [0.05, 0.1) is 30.1 Å². The number of allylic oxidation sites excluding steroid dienone is 2. The molecule has 33 heavy (non-hydrogen) atoms. The fraction of sp³-hybridized carbons (Fsp3) is 0.240. The molecule has 1 aliphatic carbocycles. The molecule has 1 unspecified atom stereocenters. The summed E-state index contributed by atoms with van der Waals surface area (Å²) in [5, 5.41) is 0.811. The lowest BCUT2D eigenvalue weighted by Crippen LogP contribution is -2.36. The van der Waals surface area contributed by atoms with Gasteiger partial charge in [-0.05, 0) is 31.5 Å². The SMILES string of the molecule is C/C=C(\Br)CN(C(=O)OC)C1CC=CCc2c1c1ccccc1n2S(=O)(=O)c1ccccc1. The minimum absolute atomic E-state index is 0.222. The number of halogens is 1. The molecule has 0 fully saturated rings. The van der Waals surface area contributed by atoms with Crippen LogP contribution in [0.4, 0.5) is 4.79 Å². The Bertz CT molecular complexity index is 1340. The van der Waals surface area contributed by atoms with Gasteiger partial charge < -0.3 is 4.74 Å². The second-order valence-corrected chi connectivity index (χ2v) is 10.5. The second kappa shape index (κ2) is 9.57. The predicted molar refractivity (Wildman–Crippen MR) is 133 cm³/mol. The Kier molecular flexibility index (Phi) is 6.76. The number of para-hydroxylation sites is 1. The standard InChI is InChI=1S/C25H25BrN2O4S/c1-3-18(26)17-27(25(29)32-2)22-15-9-10-16-23-24(22)20-13-7-8-14-21(20)28(23)33(30,31)19-11-5-4-6-12-19/h3-14,22H,15-17H2,1-2H3/b18-3-. The summed E-state index contributed by atoms with van der Waals surface area (Å²) < 4.78 is 35.0. The van der Waals surface area contributed by atoms with E-state index in [2.05, 4.69) is 15.9 Å². The molecule has 172 valence electrons.